The van der Waals surface area contributed by atoms with Crippen LogP contribution in [0.5, 0.6) is 0 Å². The molecule has 4 aromatic rings. The van der Waals surface area contributed by atoms with Crippen molar-refractivity contribution in [2.45, 2.75) is 51.2 Å². The molecular formula is C24H27FN6O. The summed E-state index contributed by atoms with van der Waals surface area (Å²) < 4.78 is 24.1. The van der Waals surface area contributed by atoms with E-state index in [2.05, 4.69) is 20.0 Å². The molecule has 166 valence electrons. The van der Waals surface area contributed by atoms with Crippen LogP contribution in [0.25, 0.3) is 22.6 Å². The van der Waals surface area contributed by atoms with Crippen LogP contribution in [0, 0.1) is 19.7 Å². The fourth-order valence-corrected chi connectivity index (χ4v) is 5.12. The van der Waals surface area contributed by atoms with Gasteiger partial charge in [0.25, 0.3) is 0 Å². The first-order chi connectivity index (χ1) is 15.5. The quantitative estimate of drug-likeness (QED) is 0.489. The number of imidazole rings is 2. The van der Waals surface area contributed by atoms with Crippen LogP contribution in [0.3, 0.4) is 0 Å². The second-order valence-electron chi connectivity index (χ2n) is 9.22. The highest BCUT2D eigenvalue weighted by Gasteiger charge is 2.43. The third-order valence-electron chi connectivity index (χ3n) is 6.97. The zero-order valence-electron chi connectivity index (χ0n) is 18.6. The summed E-state index contributed by atoms with van der Waals surface area (Å²) >= 11 is 0. The number of fused-ring (bicyclic) bond motifs is 2. The number of nitrogens with zero attached hydrogens (tertiary/aromatic N) is 6. The molecule has 1 saturated carbocycles. The second kappa shape index (κ2) is 7.35. The molecule has 0 bridgehead atoms. The van der Waals surface area contributed by atoms with E-state index in [4.69, 9.17) is 4.74 Å². The number of likely N-dealkylation sites (tertiary alicyclic amines) is 1. The van der Waals surface area contributed by atoms with Gasteiger partial charge in [-0.15, -0.1) is 0 Å². The van der Waals surface area contributed by atoms with E-state index in [1.807, 2.05) is 42.9 Å². The maximum atomic E-state index is 15.0. The van der Waals surface area contributed by atoms with Crippen molar-refractivity contribution in [1.82, 2.24) is 28.9 Å². The van der Waals surface area contributed by atoms with Gasteiger partial charge in [0.2, 0.25) is 0 Å². The standard InChI is InChI=1S/C24H27FN6O/c1-14-8-19(28-31-11-15(2)26-23(14)31)17-9-18(25)24-27-20(13-30(24)12-17)16-4-6-29(7-5-16)21-10-22(21)32-3/h8-9,11-13,16,21-22H,4-7,10H2,1-3H3. The predicted molar refractivity (Wildman–Crippen MR) is 119 cm³/mol. The molecule has 0 spiro atoms. The van der Waals surface area contributed by atoms with Gasteiger partial charge in [-0.05, 0) is 63.9 Å². The zero-order valence-corrected chi connectivity index (χ0v) is 18.6. The molecule has 2 atom stereocenters. The van der Waals surface area contributed by atoms with Crippen LogP contribution in [0.4, 0.5) is 4.39 Å². The van der Waals surface area contributed by atoms with E-state index in [9.17, 15) is 0 Å². The van der Waals surface area contributed by atoms with Crippen LogP contribution in [-0.2, 0) is 4.74 Å². The largest absolute Gasteiger partial charge is 0.380 e. The zero-order chi connectivity index (χ0) is 22.0. The maximum Gasteiger partial charge on any atom is 0.173 e. The lowest BCUT2D eigenvalue weighted by Crippen LogP contribution is -2.36. The first kappa shape index (κ1) is 19.8. The Hall–Kier alpha value is -2.84. The molecule has 7 nitrogen and oxygen atoms in total. The highest BCUT2D eigenvalue weighted by atomic mass is 19.1. The number of rotatable bonds is 4. The van der Waals surface area contributed by atoms with E-state index in [0.717, 1.165) is 60.5 Å². The molecule has 2 aliphatic rings. The van der Waals surface area contributed by atoms with E-state index in [1.165, 1.54) is 6.07 Å². The topological polar surface area (TPSA) is 60.0 Å². The molecule has 0 amide bonds. The van der Waals surface area contributed by atoms with Crippen LogP contribution in [0.2, 0.25) is 0 Å². The molecule has 8 heteroatoms. The van der Waals surface area contributed by atoms with Crippen LogP contribution < -0.4 is 0 Å². The lowest BCUT2D eigenvalue weighted by Gasteiger charge is -2.31. The average Bonchev–Trinajstić information content (AvgIpc) is 3.28. The number of piperidine rings is 1. The number of ether oxygens (including phenoxy) is 1. The van der Waals surface area contributed by atoms with Crippen molar-refractivity contribution < 1.29 is 9.13 Å². The number of hydrogen-bond acceptors (Lipinski definition) is 5. The number of methoxy groups -OCH3 is 1. The summed E-state index contributed by atoms with van der Waals surface area (Å²) in [6, 6.07) is 4.07. The monoisotopic (exact) mass is 434 g/mol. The van der Waals surface area contributed by atoms with Crippen molar-refractivity contribution in [2.24, 2.45) is 0 Å². The smallest absolute Gasteiger partial charge is 0.173 e. The van der Waals surface area contributed by atoms with Crippen LogP contribution in [-0.4, -0.2) is 61.2 Å². The Balaban J connectivity index is 1.28. The number of pyridine rings is 1. The summed E-state index contributed by atoms with van der Waals surface area (Å²) in [5.74, 6) is 0.0350. The van der Waals surface area contributed by atoms with E-state index >= 15 is 4.39 Å². The van der Waals surface area contributed by atoms with Crippen molar-refractivity contribution in [1.29, 1.82) is 0 Å². The van der Waals surface area contributed by atoms with Crippen molar-refractivity contribution in [3.8, 4) is 11.3 Å². The summed E-state index contributed by atoms with van der Waals surface area (Å²) in [7, 11) is 1.79. The van der Waals surface area contributed by atoms with Crippen molar-refractivity contribution >= 4 is 11.3 Å². The Morgan fingerprint density at radius 3 is 2.59 bits per heavy atom. The fourth-order valence-electron chi connectivity index (χ4n) is 5.12. The highest BCUT2D eigenvalue weighted by molar-refractivity contribution is 5.64. The summed E-state index contributed by atoms with van der Waals surface area (Å²) in [4.78, 5) is 11.7. The van der Waals surface area contributed by atoms with Crippen molar-refractivity contribution in [2.75, 3.05) is 20.2 Å². The minimum absolute atomic E-state index is 0.325. The van der Waals surface area contributed by atoms with E-state index < -0.39 is 0 Å². The molecule has 32 heavy (non-hydrogen) atoms. The van der Waals surface area contributed by atoms with E-state index in [1.54, 1.807) is 11.6 Å². The molecule has 2 fully saturated rings. The van der Waals surface area contributed by atoms with Crippen LogP contribution >= 0.6 is 0 Å². The van der Waals surface area contributed by atoms with Gasteiger partial charge >= 0.3 is 0 Å². The van der Waals surface area contributed by atoms with E-state index in [0.29, 0.717) is 29.4 Å². The van der Waals surface area contributed by atoms with Gasteiger partial charge in [0, 0.05) is 37.0 Å². The molecule has 4 aromatic heterocycles. The number of aryl methyl sites for hydroxylation is 2. The number of hydrogen-bond donors (Lipinski definition) is 0. The van der Waals surface area contributed by atoms with Gasteiger partial charge in [-0.25, -0.2) is 18.9 Å². The summed E-state index contributed by atoms with van der Waals surface area (Å²) in [5.41, 5.74) is 5.54. The number of aromatic nitrogens is 5. The summed E-state index contributed by atoms with van der Waals surface area (Å²) in [6.07, 6.45) is 9.43. The predicted octanol–water partition coefficient (Wildman–Crippen LogP) is 3.77. The molecule has 5 heterocycles. The van der Waals surface area contributed by atoms with E-state index in [-0.39, 0.29) is 5.82 Å². The second-order valence-corrected chi connectivity index (χ2v) is 9.22. The highest BCUT2D eigenvalue weighted by Crippen LogP contribution is 2.36. The molecule has 0 radical (unpaired) electrons. The van der Waals surface area contributed by atoms with Gasteiger partial charge in [-0.3, -0.25) is 4.90 Å². The molecular weight excluding hydrogens is 407 g/mol. The van der Waals surface area contributed by atoms with Crippen LogP contribution in [0.15, 0.2) is 30.7 Å². The molecule has 1 aliphatic heterocycles. The molecule has 1 saturated heterocycles. The first-order valence-corrected chi connectivity index (χ1v) is 11.3. The van der Waals surface area contributed by atoms with Gasteiger partial charge in [0.05, 0.1) is 29.4 Å². The molecule has 0 N–H and O–H groups in total. The Kier molecular flexibility index (Phi) is 4.55. The summed E-state index contributed by atoms with van der Waals surface area (Å²) in [6.45, 7) is 6.03. The van der Waals surface area contributed by atoms with Gasteiger partial charge in [-0.2, -0.15) is 5.10 Å². The third kappa shape index (κ3) is 3.29. The lowest BCUT2D eigenvalue weighted by molar-refractivity contribution is 0.124. The normalized spacial score (nSPS) is 22.2. The SMILES string of the molecule is COC1CC1N1CCC(c2cn3cc(-c4cc(C)c5nc(C)cn5n4)cc(F)c3n2)CC1. The minimum Gasteiger partial charge on any atom is -0.380 e. The Labute approximate surface area is 185 Å². The summed E-state index contributed by atoms with van der Waals surface area (Å²) in [5, 5.41) is 4.65. The first-order valence-electron chi connectivity index (χ1n) is 11.3. The van der Waals surface area contributed by atoms with Crippen molar-refractivity contribution in [3.05, 3.63) is 53.5 Å². The van der Waals surface area contributed by atoms with Gasteiger partial charge in [-0.1, -0.05) is 0 Å². The average molecular weight is 435 g/mol. The van der Waals surface area contributed by atoms with Crippen molar-refractivity contribution in [3.63, 3.8) is 0 Å². The fraction of sp³-hybridized carbons (Fsp3) is 0.458. The maximum absolute atomic E-state index is 15.0. The minimum atomic E-state index is -0.325. The van der Waals surface area contributed by atoms with Gasteiger partial charge < -0.3 is 9.14 Å². The molecule has 0 aromatic carbocycles. The number of halogens is 1. The Bertz CT molecular complexity index is 1320. The Morgan fingerprint density at radius 1 is 1.03 bits per heavy atom. The molecule has 2 unspecified atom stereocenters. The molecule has 1 aliphatic carbocycles. The van der Waals surface area contributed by atoms with Gasteiger partial charge in [0.1, 0.15) is 0 Å². The Morgan fingerprint density at radius 2 is 1.84 bits per heavy atom. The third-order valence-corrected chi connectivity index (χ3v) is 6.97. The van der Waals surface area contributed by atoms with Crippen LogP contribution in [0.1, 0.15) is 42.1 Å². The lowest BCUT2D eigenvalue weighted by atomic mass is 9.94. The molecule has 6 rings (SSSR count). The van der Waals surface area contributed by atoms with Gasteiger partial charge in [0.15, 0.2) is 17.1 Å².